The minimum Gasteiger partial charge on any atom is -0.497 e. The maximum Gasteiger partial charge on any atom is 0.221 e. The highest BCUT2D eigenvalue weighted by Gasteiger charge is 2.05. The maximum atomic E-state index is 11.5. The first-order chi connectivity index (χ1) is 11.6. The van der Waals surface area contributed by atoms with Gasteiger partial charge in [0.15, 0.2) is 0 Å². The van der Waals surface area contributed by atoms with Crippen LogP contribution in [0.2, 0.25) is 5.02 Å². The second-order valence-electron chi connectivity index (χ2n) is 5.02. The van der Waals surface area contributed by atoms with Gasteiger partial charge in [-0.05, 0) is 29.8 Å². The molecule has 5 heteroatoms. The molecule has 1 N–H and O–H groups in total. The normalized spacial score (nSPS) is 9.88. The summed E-state index contributed by atoms with van der Waals surface area (Å²) < 4.78 is 10.8. The van der Waals surface area contributed by atoms with Crippen LogP contribution < -0.4 is 14.8 Å². The number of halogens is 1. The third kappa shape index (κ3) is 5.22. The number of rotatable bonds is 7. The number of hydrogen-bond donors (Lipinski definition) is 1. The summed E-state index contributed by atoms with van der Waals surface area (Å²) in [6.07, 6.45) is 5.92. The molecule has 0 aliphatic heterocycles. The van der Waals surface area contributed by atoms with Gasteiger partial charge < -0.3 is 14.8 Å². The SMILES string of the molecule is C#CCCC(=O)NCc1ccc(Oc2ccc(OC)cc2Cl)cc1. The second kappa shape index (κ2) is 8.85. The van der Waals surface area contributed by atoms with Crippen LogP contribution in [0.15, 0.2) is 42.5 Å². The lowest BCUT2D eigenvalue weighted by Crippen LogP contribution is -2.22. The van der Waals surface area contributed by atoms with Crippen molar-refractivity contribution < 1.29 is 14.3 Å². The van der Waals surface area contributed by atoms with Gasteiger partial charge in [0.2, 0.25) is 5.91 Å². The molecule has 2 aromatic rings. The van der Waals surface area contributed by atoms with Crippen LogP contribution in [0.1, 0.15) is 18.4 Å². The molecule has 0 spiro atoms. The van der Waals surface area contributed by atoms with Crippen LogP contribution in [0, 0.1) is 12.3 Å². The Morgan fingerprint density at radius 3 is 2.54 bits per heavy atom. The van der Waals surface area contributed by atoms with Crippen LogP contribution in [0.25, 0.3) is 0 Å². The van der Waals surface area contributed by atoms with Crippen molar-refractivity contribution in [1.82, 2.24) is 5.32 Å². The molecule has 24 heavy (non-hydrogen) atoms. The van der Waals surface area contributed by atoms with Gasteiger partial charge in [0.25, 0.3) is 0 Å². The van der Waals surface area contributed by atoms with E-state index in [0.29, 0.717) is 41.7 Å². The predicted molar refractivity (Wildman–Crippen MR) is 94.4 cm³/mol. The molecule has 0 heterocycles. The van der Waals surface area contributed by atoms with Gasteiger partial charge in [0, 0.05) is 25.5 Å². The molecule has 4 nitrogen and oxygen atoms in total. The van der Waals surface area contributed by atoms with Crippen LogP contribution in [-0.2, 0) is 11.3 Å². The largest absolute Gasteiger partial charge is 0.497 e. The van der Waals surface area contributed by atoms with Crippen molar-refractivity contribution in [3.63, 3.8) is 0 Å². The van der Waals surface area contributed by atoms with Gasteiger partial charge in [0.05, 0.1) is 12.1 Å². The lowest BCUT2D eigenvalue weighted by atomic mass is 10.2. The van der Waals surface area contributed by atoms with E-state index in [0.717, 1.165) is 5.56 Å². The van der Waals surface area contributed by atoms with Gasteiger partial charge in [-0.15, -0.1) is 12.3 Å². The number of ether oxygens (including phenoxy) is 2. The third-order valence-electron chi connectivity index (χ3n) is 3.28. The van der Waals surface area contributed by atoms with E-state index in [1.165, 1.54) is 0 Å². The quantitative estimate of drug-likeness (QED) is 0.767. The summed E-state index contributed by atoms with van der Waals surface area (Å²) in [6, 6.07) is 12.6. The van der Waals surface area contributed by atoms with Crippen molar-refractivity contribution in [2.24, 2.45) is 0 Å². The van der Waals surface area contributed by atoms with Gasteiger partial charge in [-0.25, -0.2) is 0 Å². The first-order valence-electron chi connectivity index (χ1n) is 7.43. The zero-order chi connectivity index (χ0) is 17.4. The topological polar surface area (TPSA) is 47.6 Å². The Bertz CT molecular complexity index is 735. The van der Waals surface area contributed by atoms with E-state index < -0.39 is 0 Å². The average Bonchev–Trinajstić information content (AvgIpc) is 2.61. The van der Waals surface area contributed by atoms with Crippen LogP contribution in [-0.4, -0.2) is 13.0 Å². The van der Waals surface area contributed by atoms with E-state index >= 15 is 0 Å². The smallest absolute Gasteiger partial charge is 0.221 e. The highest BCUT2D eigenvalue weighted by molar-refractivity contribution is 6.32. The Hall–Kier alpha value is -2.64. The fraction of sp³-hybridized carbons (Fsp3) is 0.211. The summed E-state index contributed by atoms with van der Waals surface area (Å²) in [5.41, 5.74) is 0.970. The molecule has 2 aromatic carbocycles. The molecule has 124 valence electrons. The Balaban J connectivity index is 1.92. The second-order valence-corrected chi connectivity index (χ2v) is 5.43. The Kier molecular flexibility index (Phi) is 6.53. The van der Waals surface area contributed by atoms with E-state index in [9.17, 15) is 4.79 Å². The summed E-state index contributed by atoms with van der Waals surface area (Å²) >= 11 is 6.15. The third-order valence-corrected chi connectivity index (χ3v) is 3.57. The molecule has 1 amide bonds. The Morgan fingerprint density at radius 1 is 1.21 bits per heavy atom. The maximum absolute atomic E-state index is 11.5. The number of hydrogen-bond acceptors (Lipinski definition) is 3. The number of methoxy groups -OCH3 is 1. The molecule has 0 atom stereocenters. The van der Waals surface area contributed by atoms with Crippen LogP contribution in [0.3, 0.4) is 0 Å². The lowest BCUT2D eigenvalue weighted by Gasteiger charge is -2.10. The van der Waals surface area contributed by atoms with Crippen LogP contribution >= 0.6 is 11.6 Å². The molecule has 0 saturated heterocycles. The van der Waals surface area contributed by atoms with Crippen LogP contribution in [0.4, 0.5) is 0 Å². The van der Waals surface area contributed by atoms with E-state index in [1.54, 1.807) is 25.3 Å². The first kappa shape index (κ1) is 17.7. The van der Waals surface area contributed by atoms with Crippen molar-refractivity contribution in [2.75, 3.05) is 7.11 Å². The highest BCUT2D eigenvalue weighted by atomic mass is 35.5. The molecular formula is C19H18ClNO3. The van der Waals surface area contributed by atoms with E-state index in [1.807, 2.05) is 24.3 Å². The van der Waals surface area contributed by atoms with E-state index in [4.69, 9.17) is 27.5 Å². The van der Waals surface area contributed by atoms with Gasteiger partial charge in [-0.2, -0.15) is 0 Å². The Labute approximate surface area is 146 Å². The monoisotopic (exact) mass is 343 g/mol. The molecule has 2 rings (SSSR count). The van der Waals surface area contributed by atoms with E-state index in [-0.39, 0.29) is 5.91 Å². The number of carbonyl (C=O) groups is 1. The number of amides is 1. The molecule has 0 saturated carbocycles. The number of nitrogens with one attached hydrogen (secondary N) is 1. The number of carbonyl (C=O) groups excluding carboxylic acids is 1. The zero-order valence-electron chi connectivity index (χ0n) is 13.3. The van der Waals surface area contributed by atoms with Crippen LogP contribution in [0.5, 0.6) is 17.2 Å². The molecular weight excluding hydrogens is 326 g/mol. The summed E-state index contributed by atoms with van der Waals surface area (Å²) in [5, 5.41) is 3.29. The predicted octanol–water partition coefficient (Wildman–Crippen LogP) is 4.17. The Morgan fingerprint density at radius 2 is 1.92 bits per heavy atom. The highest BCUT2D eigenvalue weighted by Crippen LogP contribution is 2.32. The minimum absolute atomic E-state index is 0.0571. The summed E-state index contributed by atoms with van der Waals surface area (Å²) in [5.74, 6) is 4.26. The van der Waals surface area contributed by atoms with Gasteiger partial charge >= 0.3 is 0 Å². The lowest BCUT2D eigenvalue weighted by molar-refractivity contribution is -0.121. The van der Waals surface area contributed by atoms with Crippen molar-refractivity contribution in [3.8, 4) is 29.6 Å². The molecule has 0 fully saturated rings. The fourth-order valence-electron chi connectivity index (χ4n) is 1.97. The average molecular weight is 344 g/mol. The molecule has 0 radical (unpaired) electrons. The van der Waals surface area contributed by atoms with Crippen molar-refractivity contribution in [1.29, 1.82) is 0 Å². The summed E-state index contributed by atoms with van der Waals surface area (Å²) in [4.78, 5) is 11.5. The van der Waals surface area contributed by atoms with E-state index in [2.05, 4.69) is 11.2 Å². The zero-order valence-corrected chi connectivity index (χ0v) is 14.1. The minimum atomic E-state index is -0.0571. The van der Waals surface area contributed by atoms with Crippen molar-refractivity contribution in [3.05, 3.63) is 53.1 Å². The van der Waals surface area contributed by atoms with Crippen molar-refractivity contribution in [2.45, 2.75) is 19.4 Å². The fourth-order valence-corrected chi connectivity index (χ4v) is 2.18. The molecule has 0 unspecified atom stereocenters. The van der Waals surface area contributed by atoms with Crippen molar-refractivity contribution >= 4 is 17.5 Å². The standard InChI is InChI=1S/C19H18ClNO3/c1-3-4-5-19(22)21-13-14-6-8-15(9-7-14)24-18-11-10-16(23-2)12-17(18)20/h1,6-12H,4-5,13H2,2H3,(H,21,22). The molecule has 0 aromatic heterocycles. The van der Waals surface area contributed by atoms with Gasteiger partial charge in [0.1, 0.15) is 17.2 Å². The first-order valence-corrected chi connectivity index (χ1v) is 7.80. The number of benzene rings is 2. The number of terminal acetylenes is 1. The summed E-state index contributed by atoms with van der Waals surface area (Å²) in [7, 11) is 1.58. The van der Waals surface area contributed by atoms with Gasteiger partial charge in [-0.3, -0.25) is 4.79 Å². The summed E-state index contributed by atoms with van der Waals surface area (Å²) in [6.45, 7) is 0.451. The van der Waals surface area contributed by atoms with Gasteiger partial charge in [-0.1, -0.05) is 23.7 Å². The molecule has 0 aliphatic rings. The molecule has 0 aliphatic carbocycles. The molecule has 0 bridgehead atoms.